The van der Waals surface area contributed by atoms with Gasteiger partial charge >= 0.3 is 0 Å². The average molecular weight is 301 g/mol. The first-order valence-electron chi connectivity index (χ1n) is 7.37. The number of carbonyl (C=O) groups is 2. The van der Waals surface area contributed by atoms with Crippen LogP contribution in [0.1, 0.15) is 24.8 Å². The van der Waals surface area contributed by atoms with Crippen molar-refractivity contribution in [3.63, 3.8) is 0 Å². The van der Waals surface area contributed by atoms with E-state index in [1.165, 1.54) is 0 Å². The highest BCUT2D eigenvalue weighted by atomic mass is 16.5. The summed E-state index contributed by atoms with van der Waals surface area (Å²) in [7, 11) is 0. The predicted octanol–water partition coefficient (Wildman–Crippen LogP) is 1.07. The van der Waals surface area contributed by atoms with Gasteiger partial charge in [-0.15, -0.1) is 0 Å². The number of nitriles is 1. The fraction of sp³-hybridized carbons (Fsp3) is 0.438. The van der Waals surface area contributed by atoms with Gasteiger partial charge < -0.3 is 15.0 Å². The van der Waals surface area contributed by atoms with Crippen molar-refractivity contribution in [2.24, 2.45) is 0 Å². The summed E-state index contributed by atoms with van der Waals surface area (Å²) in [5.41, 5.74) is 0.388. The second kappa shape index (κ2) is 8.03. The first kappa shape index (κ1) is 15.8. The Morgan fingerprint density at radius 3 is 2.73 bits per heavy atom. The van der Waals surface area contributed by atoms with E-state index in [4.69, 9.17) is 10.00 Å². The first-order chi connectivity index (χ1) is 10.7. The topological polar surface area (TPSA) is 82.4 Å². The summed E-state index contributed by atoms with van der Waals surface area (Å²) in [6.45, 7) is 1.77. The molecule has 22 heavy (non-hydrogen) atoms. The van der Waals surface area contributed by atoms with Crippen LogP contribution in [0.3, 0.4) is 0 Å². The molecule has 1 aliphatic rings. The van der Waals surface area contributed by atoms with E-state index in [-0.39, 0.29) is 18.4 Å². The van der Waals surface area contributed by atoms with Crippen LogP contribution in [0.25, 0.3) is 0 Å². The first-order valence-corrected chi connectivity index (χ1v) is 7.37. The Morgan fingerprint density at radius 1 is 1.27 bits per heavy atom. The Labute approximate surface area is 129 Å². The largest absolute Gasteiger partial charge is 0.482 e. The molecule has 1 N–H and O–H groups in total. The van der Waals surface area contributed by atoms with Crippen LogP contribution in [0.15, 0.2) is 24.3 Å². The van der Waals surface area contributed by atoms with Gasteiger partial charge in [0.05, 0.1) is 5.56 Å². The SMILES string of the molecule is N#Cc1ccccc1OCC(=O)NCCC(=O)N1CCCC1. The third-order valence-electron chi connectivity index (χ3n) is 3.49. The Kier molecular flexibility index (Phi) is 5.78. The van der Waals surface area contributed by atoms with Crippen molar-refractivity contribution in [2.75, 3.05) is 26.2 Å². The molecule has 1 fully saturated rings. The van der Waals surface area contributed by atoms with Crippen molar-refractivity contribution >= 4 is 11.8 Å². The number of amides is 2. The van der Waals surface area contributed by atoms with Gasteiger partial charge in [-0.3, -0.25) is 9.59 Å². The van der Waals surface area contributed by atoms with Crippen LogP contribution in [-0.2, 0) is 9.59 Å². The number of hydrogen-bond donors (Lipinski definition) is 1. The number of para-hydroxylation sites is 1. The summed E-state index contributed by atoms with van der Waals surface area (Å²) in [5.74, 6) is 0.156. The molecule has 1 aliphatic heterocycles. The van der Waals surface area contributed by atoms with Gasteiger partial charge in [-0.2, -0.15) is 5.26 Å². The molecular weight excluding hydrogens is 282 g/mol. The lowest BCUT2D eigenvalue weighted by Crippen LogP contribution is -2.34. The fourth-order valence-electron chi connectivity index (χ4n) is 2.31. The van der Waals surface area contributed by atoms with Gasteiger partial charge in [0, 0.05) is 26.1 Å². The van der Waals surface area contributed by atoms with Gasteiger partial charge in [0.15, 0.2) is 6.61 Å². The quantitative estimate of drug-likeness (QED) is 0.852. The van der Waals surface area contributed by atoms with Crippen LogP contribution in [0.5, 0.6) is 5.75 Å². The molecule has 0 bridgehead atoms. The van der Waals surface area contributed by atoms with Crippen LogP contribution in [-0.4, -0.2) is 43.0 Å². The summed E-state index contributed by atoms with van der Waals surface area (Å²) in [5, 5.41) is 11.6. The number of nitrogens with one attached hydrogen (secondary N) is 1. The molecule has 1 aromatic rings. The van der Waals surface area contributed by atoms with E-state index in [9.17, 15) is 9.59 Å². The highest BCUT2D eigenvalue weighted by molar-refractivity contribution is 5.80. The van der Waals surface area contributed by atoms with E-state index in [2.05, 4.69) is 5.32 Å². The number of ether oxygens (including phenoxy) is 1. The maximum absolute atomic E-state index is 11.8. The molecule has 0 saturated carbocycles. The van der Waals surface area contributed by atoms with E-state index >= 15 is 0 Å². The molecule has 2 rings (SSSR count). The van der Waals surface area contributed by atoms with Gasteiger partial charge in [0.2, 0.25) is 5.91 Å². The van der Waals surface area contributed by atoms with Crippen LogP contribution in [0, 0.1) is 11.3 Å². The van der Waals surface area contributed by atoms with Gasteiger partial charge in [-0.1, -0.05) is 12.1 Å². The van der Waals surface area contributed by atoms with E-state index in [1.807, 2.05) is 11.0 Å². The minimum absolute atomic E-state index is 0.0774. The summed E-state index contributed by atoms with van der Waals surface area (Å²) >= 11 is 0. The van der Waals surface area contributed by atoms with Crippen molar-refractivity contribution < 1.29 is 14.3 Å². The maximum Gasteiger partial charge on any atom is 0.257 e. The lowest BCUT2D eigenvalue weighted by Gasteiger charge is -2.15. The number of benzene rings is 1. The fourth-order valence-corrected chi connectivity index (χ4v) is 2.31. The second-order valence-corrected chi connectivity index (χ2v) is 5.08. The number of hydrogen-bond acceptors (Lipinski definition) is 4. The third-order valence-corrected chi connectivity index (χ3v) is 3.49. The Hall–Kier alpha value is -2.55. The average Bonchev–Trinajstić information content (AvgIpc) is 3.07. The molecule has 116 valence electrons. The van der Waals surface area contributed by atoms with Gasteiger partial charge in [0.25, 0.3) is 5.91 Å². The number of carbonyl (C=O) groups excluding carboxylic acids is 2. The van der Waals surface area contributed by atoms with Gasteiger partial charge in [-0.05, 0) is 25.0 Å². The van der Waals surface area contributed by atoms with Gasteiger partial charge in [-0.25, -0.2) is 0 Å². The maximum atomic E-state index is 11.8. The van der Waals surface area contributed by atoms with Crippen molar-refractivity contribution in [2.45, 2.75) is 19.3 Å². The minimum atomic E-state index is -0.304. The second-order valence-electron chi connectivity index (χ2n) is 5.08. The minimum Gasteiger partial charge on any atom is -0.482 e. The highest BCUT2D eigenvalue weighted by Crippen LogP contribution is 2.16. The molecule has 0 atom stereocenters. The lowest BCUT2D eigenvalue weighted by molar-refractivity contribution is -0.130. The van der Waals surface area contributed by atoms with E-state index in [0.717, 1.165) is 25.9 Å². The smallest absolute Gasteiger partial charge is 0.257 e. The number of nitrogens with zero attached hydrogens (tertiary/aromatic N) is 2. The molecule has 0 aliphatic carbocycles. The molecule has 1 aromatic carbocycles. The van der Waals surface area contributed by atoms with Crippen LogP contribution in [0.4, 0.5) is 0 Å². The summed E-state index contributed by atoms with van der Waals surface area (Å²) < 4.78 is 5.32. The van der Waals surface area contributed by atoms with E-state index < -0.39 is 0 Å². The van der Waals surface area contributed by atoms with Crippen molar-refractivity contribution in [3.05, 3.63) is 29.8 Å². The molecule has 0 unspecified atom stereocenters. The Morgan fingerprint density at radius 2 is 2.00 bits per heavy atom. The number of rotatable bonds is 6. The van der Waals surface area contributed by atoms with Crippen molar-refractivity contribution in [1.29, 1.82) is 5.26 Å². The zero-order valence-electron chi connectivity index (χ0n) is 12.4. The summed E-state index contributed by atoms with van der Waals surface area (Å²) in [6.07, 6.45) is 2.43. The number of likely N-dealkylation sites (tertiary alicyclic amines) is 1. The molecule has 1 saturated heterocycles. The molecule has 6 nitrogen and oxygen atoms in total. The monoisotopic (exact) mass is 301 g/mol. The summed E-state index contributed by atoms with van der Waals surface area (Å²) in [4.78, 5) is 25.3. The Balaban J connectivity index is 1.68. The summed E-state index contributed by atoms with van der Waals surface area (Å²) in [6, 6.07) is 8.74. The predicted molar refractivity (Wildman–Crippen MR) is 80.1 cm³/mol. The molecule has 0 radical (unpaired) electrons. The van der Waals surface area contributed by atoms with Crippen LogP contribution < -0.4 is 10.1 Å². The van der Waals surface area contributed by atoms with E-state index in [0.29, 0.717) is 24.3 Å². The normalized spacial score (nSPS) is 13.5. The third kappa shape index (κ3) is 4.48. The van der Waals surface area contributed by atoms with Crippen LogP contribution in [0.2, 0.25) is 0 Å². The molecule has 1 heterocycles. The van der Waals surface area contributed by atoms with Crippen molar-refractivity contribution in [1.82, 2.24) is 10.2 Å². The molecule has 2 amide bonds. The highest BCUT2D eigenvalue weighted by Gasteiger charge is 2.17. The zero-order valence-corrected chi connectivity index (χ0v) is 12.4. The standard InChI is InChI=1S/C16H19N3O3/c17-11-13-5-1-2-6-14(13)22-12-15(20)18-8-7-16(21)19-9-3-4-10-19/h1-2,5-6H,3-4,7-10,12H2,(H,18,20). The molecule has 0 aromatic heterocycles. The zero-order chi connectivity index (χ0) is 15.8. The molecule has 6 heteroatoms. The van der Waals surface area contributed by atoms with E-state index in [1.54, 1.807) is 24.3 Å². The van der Waals surface area contributed by atoms with Crippen molar-refractivity contribution in [3.8, 4) is 11.8 Å². The lowest BCUT2D eigenvalue weighted by atomic mass is 10.2. The van der Waals surface area contributed by atoms with Gasteiger partial charge in [0.1, 0.15) is 11.8 Å². The van der Waals surface area contributed by atoms with Crippen LogP contribution >= 0.6 is 0 Å². The molecule has 0 spiro atoms. The molecular formula is C16H19N3O3. The Bertz CT molecular complexity index is 574.